The van der Waals surface area contributed by atoms with Crippen molar-refractivity contribution >= 4 is 11.9 Å². The van der Waals surface area contributed by atoms with E-state index >= 15 is 0 Å². The number of halogens is 1. The van der Waals surface area contributed by atoms with E-state index in [0.717, 1.165) is 13.0 Å². The van der Waals surface area contributed by atoms with Crippen LogP contribution in [-0.2, 0) is 4.74 Å². The summed E-state index contributed by atoms with van der Waals surface area (Å²) in [6, 6.07) is 5.58. The van der Waals surface area contributed by atoms with Crippen LogP contribution in [0.1, 0.15) is 23.7 Å². The van der Waals surface area contributed by atoms with Crippen LogP contribution in [-0.4, -0.2) is 67.7 Å². The zero-order valence-electron chi connectivity index (χ0n) is 14.5. The van der Waals surface area contributed by atoms with Gasteiger partial charge in [0.1, 0.15) is 5.82 Å². The Balaban J connectivity index is 1.48. The van der Waals surface area contributed by atoms with Crippen LogP contribution >= 0.6 is 0 Å². The SMILES string of the molecule is CC1(CNC(=O)N2CCN(C(=O)c3cccc(F)c3)CC2)CCOC1. The van der Waals surface area contributed by atoms with Crippen molar-refractivity contribution in [3.63, 3.8) is 0 Å². The van der Waals surface area contributed by atoms with Crippen molar-refractivity contribution < 1.29 is 18.7 Å². The highest BCUT2D eigenvalue weighted by atomic mass is 19.1. The van der Waals surface area contributed by atoms with Crippen LogP contribution in [0.5, 0.6) is 0 Å². The second kappa shape index (κ2) is 7.39. The van der Waals surface area contributed by atoms with E-state index in [9.17, 15) is 14.0 Å². The Morgan fingerprint density at radius 1 is 1.24 bits per heavy atom. The fraction of sp³-hybridized carbons (Fsp3) is 0.556. The molecule has 1 atom stereocenters. The topological polar surface area (TPSA) is 61.9 Å². The Labute approximate surface area is 146 Å². The largest absolute Gasteiger partial charge is 0.381 e. The van der Waals surface area contributed by atoms with E-state index in [-0.39, 0.29) is 17.4 Å². The van der Waals surface area contributed by atoms with Crippen LogP contribution in [0.4, 0.5) is 9.18 Å². The van der Waals surface area contributed by atoms with Gasteiger partial charge >= 0.3 is 6.03 Å². The summed E-state index contributed by atoms with van der Waals surface area (Å²) in [5, 5.41) is 2.97. The van der Waals surface area contributed by atoms with Crippen LogP contribution < -0.4 is 5.32 Å². The maximum atomic E-state index is 13.3. The van der Waals surface area contributed by atoms with Crippen molar-refractivity contribution in [1.29, 1.82) is 0 Å². The Hall–Kier alpha value is -2.15. The first-order chi connectivity index (χ1) is 12.0. The summed E-state index contributed by atoms with van der Waals surface area (Å²) in [7, 11) is 0. The number of ether oxygens (including phenoxy) is 1. The van der Waals surface area contributed by atoms with Gasteiger partial charge in [-0.2, -0.15) is 0 Å². The molecule has 0 radical (unpaired) electrons. The number of benzene rings is 1. The maximum absolute atomic E-state index is 13.3. The van der Waals surface area contributed by atoms with Gasteiger partial charge < -0.3 is 19.9 Å². The molecular weight excluding hydrogens is 325 g/mol. The molecule has 1 N–H and O–H groups in total. The molecular formula is C18H24FN3O3. The minimum absolute atomic E-state index is 0.00479. The summed E-state index contributed by atoms with van der Waals surface area (Å²) in [6.45, 7) is 5.95. The summed E-state index contributed by atoms with van der Waals surface area (Å²) >= 11 is 0. The number of nitrogens with one attached hydrogen (secondary N) is 1. The molecule has 0 spiro atoms. The standard InChI is InChI=1S/C18H24FN3O3/c1-18(5-10-25-13-18)12-20-17(24)22-8-6-21(7-9-22)16(23)14-3-2-4-15(19)11-14/h2-4,11H,5-10,12-13H2,1H3,(H,20,24). The third-order valence-electron chi connectivity index (χ3n) is 4.89. The molecule has 0 aromatic heterocycles. The molecule has 1 aromatic carbocycles. The second-order valence-electron chi connectivity index (χ2n) is 7.06. The Bertz CT molecular complexity index is 638. The highest BCUT2D eigenvalue weighted by molar-refractivity contribution is 5.94. The molecule has 0 bridgehead atoms. The molecule has 2 saturated heterocycles. The van der Waals surface area contributed by atoms with Crippen molar-refractivity contribution in [2.45, 2.75) is 13.3 Å². The van der Waals surface area contributed by atoms with Crippen molar-refractivity contribution in [2.75, 3.05) is 45.9 Å². The van der Waals surface area contributed by atoms with E-state index in [1.54, 1.807) is 15.9 Å². The van der Waals surface area contributed by atoms with Gasteiger partial charge in [-0.1, -0.05) is 13.0 Å². The summed E-state index contributed by atoms with van der Waals surface area (Å²) in [6.07, 6.45) is 0.948. The number of carbonyl (C=O) groups is 2. The normalized spacial score (nSPS) is 23.6. The second-order valence-corrected chi connectivity index (χ2v) is 7.06. The van der Waals surface area contributed by atoms with E-state index in [0.29, 0.717) is 44.9 Å². The van der Waals surface area contributed by atoms with Gasteiger partial charge in [-0.25, -0.2) is 9.18 Å². The lowest BCUT2D eigenvalue weighted by molar-refractivity contribution is 0.0662. The molecule has 0 aliphatic carbocycles. The number of rotatable bonds is 3. The monoisotopic (exact) mass is 349 g/mol. The summed E-state index contributed by atoms with van der Waals surface area (Å²) in [5.74, 6) is -0.622. The van der Waals surface area contributed by atoms with Crippen LogP contribution in [0.15, 0.2) is 24.3 Å². The molecule has 6 nitrogen and oxygen atoms in total. The molecule has 2 heterocycles. The van der Waals surface area contributed by atoms with Gasteiger partial charge in [0.05, 0.1) is 6.61 Å². The predicted octanol–water partition coefficient (Wildman–Crippen LogP) is 1.72. The van der Waals surface area contributed by atoms with Crippen LogP contribution in [0, 0.1) is 11.2 Å². The lowest BCUT2D eigenvalue weighted by atomic mass is 9.90. The van der Waals surface area contributed by atoms with Gasteiger partial charge in [-0.15, -0.1) is 0 Å². The summed E-state index contributed by atoms with van der Waals surface area (Å²) in [4.78, 5) is 28.1. The van der Waals surface area contributed by atoms with Crippen LogP contribution in [0.25, 0.3) is 0 Å². The first-order valence-electron chi connectivity index (χ1n) is 8.62. The number of carbonyl (C=O) groups excluding carboxylic acids is 2. The van der Waals surface area contributed by atoms with E-state index in [1.165, 1.54) is 18.2 Å². The molecule has 7 heteroatoms. The van der Waals surface area contributed by atoms with Gasteiger partial charge in [0.15, 0.2) is 0 Å². The zero-order valence-corrected chi connectivity index (χ0v) is 14.5. The minimum atomic E-state index is -0.423. The number of piperazine rings is 1. The molecule has 136 valence electrons. The van der Waals surface area contributed by atoms with Gasteiger partial charge in [-0.3, -0.25) is 4.79 Å². The smallest absolute Gasteiger partial charge is 0.317 e. The van der Waals surface area contributed by atoms with E-state index < -0.39 is 5.82 Å². The lowest BCUT2D eigenvalue weighted by Crippen LogP contribution is -2.54. The average molecular weight is 349 g/mol. The number of hydrogen-bond acceptors (Lipinski definition) is 3. The molecule has 2 fully saturated rings. The fourth-order valence-electron chi connectivity index (χ4n) is 3.17. The predicted molar refractivity (Wildman–Crippen MR) is 90.8 cm³/mol. The Kier molecular flexibility index (Phi) is 5.22. The number of hydrogen-bond donors (Lipinski definition) is 1. The van der Waals surface area contributed by atoms with E-state index in [4.69, 9.17) is 4.74 Å². The molecule has 0 saturated carbocycles. The fourth-order valence-corrected chi connectivity index (χ4v) is 3.17. The third-order valence-corrected chi connectivity index (χ3v) is 4.89. The molecule has 1 aromatic rings. The quantitative estimate of drug-likeness (QED) is 0.904. The van der Waals surface area contributed by atoms with Crippen molar-refractivity contribution in [3.05, 3.63) is 35.6 Å². The van der Waals surface area contributed by atoms with Gasteiger partial charge in [0, 0.05) is 50.3 Å². The van der Waals surface area contributed by atoms with Gasteiger partial charge in [-0.05, 0) is 24.6 Å². The molecule has 3 rings (SSSR count). The molecule has 3 amide bonds. The number of urea groups is 1. The highest BCUT2D eigenvalue weighted by Crippen LogP contribution is 2.26. The minimum Gasteiger partial charge on any atom is -0.381 e. The lowest BCUT2D eigenvalue weighted by Gasteiger charge is -2.35. The third kappa shape index (κ3) is 4.28. The Morgan fingerprint density at radius 3 is 2.60 bits per heavy atom. The molecule has 1 unspecified atom stereocenters. The average Bonchev–Trinajstić information content (AvgIpc) is 3.06. The van der Waals surface area contributed by atoms with Crippen molar-refractivity contribution in [3.8, 4) is 0 Å². The van der Waals surface area contributed by atoms with Crippen LogP contribution in [0.3, 0.4) is 0 Å². The molecule has 2 aliphatic heterocycles. The van der Waals surface area contributed by atoms with Gasteiger partial charge in [0.2, 0.25) is 0 Å². The highest BCUT2D eigenvalue weighted by Gasteiger charge is 2.31. The Morgan fingerprint density at radius 2 is 1.96 bits per heavy atom. The first-order valence-corrected chi connectivity index (χ1v) is 8.62. The van der Waals surface area contributed by atoms with Crippen molar-refractivity contribution in [1.82, 2.24) is 15.1 Å². The molecule has 2 aliphatic rings. The molecule has 25 heavy (non-hydrogen) atoms. The van der Waals surface area contributed by atoms with Crippen LogP contribution in [0.2, 0.25) is 0 Å². The van der Waals surface area contributed by atoms with Crippen molar-refractivity contribution in [2.24, 2.45) is 5.41 Å². The summed E-state index contributed by atoms with van der Waals surface area (Å²) < 4.78 is 18.7. The maximum Gasteiger partial charge on any atom is 0.317 e. The number of amides is 3. The first kappa shape index (κ1) is 17.7. The van der Waals surface area contributed by atoms with E-state index in [2.05, 4.69) is 12.2 Å². The van der Waals surface area contributed by atoms with Gasteiger partial charge in [0.25, 0.3) is 5.91 Å². The zero-order chi connectivity index (χ0) is 17.9. The number of nitrogens with zero attached hydrogens (tertiary/aromatic N) is 2. The summed E-state index contributed by atoms with van der Waals surface area (Å²) in [5.41, 5.74) is 0.345. The van der Waals surface area contributed by atoms with E-state index in [1.807, 2.05) is 0 Å².